The van der Waals surface area contributed by atoms with Crippen molar-refractivity contribution in [3.8, 4) is 0 Å². The second-order valence-electron chi connectivity index (χ2n) is 2.71. The number of allylic oxidation sites excluding steroid dienone is 1. The first-order chi connectivity index (χ1) is 5.68. The number of hydrogen-bond acceptors (Lipinski definition) is 3. The fourth-order valence-electron chi connectivity index (χ4n) is 0.880. The van der Waals surface area contributed by atoms with Gasteiger partial charge >= 0.3 is 0 Å². The van der Waals surface area contributed by atoms with E-state index in [-0.39, 0.29) is 13.4 Å². The van der Waals surface area contributed by atoms with Gasteiger partial charge in [0.15, 0.2) is 0 Å². The molecule has 0 aromatic heterocycles. The Balaban J connectivity index is 3.79. The minimum atomic E-state index is -0.840. The topological polar surface area (TPSA) is 38.7 Å². The molecule has 0 heterocycles. The van der Waals surface area contributed by atoms with E-state index in [0.29, 0.717) is 6.42 Å². The standard InChI is InChI=1S/C9H18O3/c1-4-6-9(10,5-2)7-12-8-11-3/h4,6,10H,5,7-8H2,1-3H3/b6-4-. The molecule has 0 spiro atoms. The van der Waals surface area contributed by atoms with E-state index in [4.69, 9.17) is 9.47 Å². The van der Waals surface area contributed by atoms with Crippen molar-refractivity contribution in [2.45, 2.75) is 25.9 Å². The van der Waals surface area contributed by atoms with Crippen molar-refractivity contribution in [1.29, 1.82) is 0 Å². The highest BCUT2D eigenvalue weighted by molar-refractivity contribution is 4.98. The second-order valence-corrected chi connectivity index (χ2v) is 2.71. The molecule has 0 aliphatic heterocycles. The maximum Gasteiger partial charge on any atom is 0.146 e. The summed E-state index contributed by atoms with van der Waals surface area (Å²) < 4.78 is 9.77. The minimum Gasteiger partial charge on any atom is -0.383 e. The van der Waals surface area contributed by atoms with E-state index in [1.54, 1.807) is 13.2 Å². The van der Waals surface area contributed by atoms with Crippen LogP contribution < -0.4 is 0 Å². The summed E-state index contributed by atoms with van der Waals surface area (Å²) in [5, 5.41) is 9.78. The Bertz CT molecular complexity index is 134. The molecule has 0 fully saturated rings. The number of methoxy groups -OCH3 is 1. The Kier molecular flexibility index (Phi) is 5.98. The van der Waals surface area contributed by atoms with E-state index >= 15 is 0 Å². The molecule has 0 saturated heterocycles. The molecule has 3 heteroatoms. The molecule has 0 saturated carbocycles. The van der Waals surface area contributed by atoms with E-state index in [0.717, 1.165) is 0 Å². The maximum atomic E-state index is 9.78. The average molecular weight is 174 g/mol. The van der Waals surface area contributed by atoms with Gasteiger partial charge in [-0.25, -0.2) is 0 Å². The Morgan fingerprint density at radius 2 is 2.17 bits per heavy atom. The first kappa shape index (κ1) is 11.6. The zero-order chi connectivity index (χ0) is 9.45. The van der Waals surface area contributed by atoms with Crippen LogP contribution in [0, 0.1) is 0 Å². The summed E-state index contributed by atoms with van der Waals surface area (Å²) in [5.74, 6) is 0. The molecule has 0 rings (SSSR count). The molecule has 0 aliphatic carbocycles. The van der Waals surface area contributed by atoms with Crippen molar-refractivity contribution in [2.24, 2.45) is 0 Å². The van der Waals surface area contributed by atoms with E-state index < -0.39 is 5.60 Å². The number of hydrogen-bond donors (Lipinski definition) is 1. The molecule has 1 N–H and O–H groups in total. The zero-order valence-electron chi connectivity index (χ0n) is 8.04. The lowest BCUT2D eigenvalue weighted by molar-refractivity contribution is -0.0850. The van der Waals surface area contributed by atoms with Gasteiger partial charge in [0.25, 0.3) is 0 Å². The summed E-state index contributed by atoms with van der Waals surface area (Å²) in [6.45, 7) is 4.29. The predicted molar refractivity (Wildman–Crippen MR) is 47.9 cm³/mol. The van der Waals surface area contributed by atoms with Crippen molar-refractivity contribution in [1.82, 2.24) is 0 Å². The molecular weight excluding hydrogens is 156 g/mol. The molecule has 0 radical (unpaired) electrons. The third-order valence-corrected chi connectivity index (χ3v) is 1.64. The molecule has 0 aromatic rings. The normalized spacial score (nSPS) is 16.7. The van der Waals surface area contributed by atoms with Crippen LogP contribution in [0.3, 0.4) is 0 Å². The summed E-state index contributed by atoms with van der Waals surface area (Å²) >= 11 is 0. The fourth-order valence-corrected chi connectivity index (χ4v) is 0.880. The van der Waals surface area contributed by atoms with E-state index in [1.165, 1.54) is 0 Å². The van der Waals surface area contributed by atoms with Crippen LogP contribution in [0.15, 0.2) is 12.2 Å². The van der Waals surface area contributed by atoms with Gasteiger partial charge < -0.3 is 14.6 Å². The Hall–Kier alpha value is -0.380. The molecule has 0 aliphatic rings. The lowest BCUT2D eigenvalue weighted by Crippen LogP contribution is -2.31. The number of aliphatic hydroxyl groups is 1. The predicted octanol–water partition coefficient (Wildman–Crippen LogP) is 1.32. The summed E-state index contributed by atoms with van der Waals surface area (Å²) in [6.07, 6.45) is 4.20. The summed E-state index contributed by atoms with van der Waals surface area (Å²) in [5.41, 5.74) is -0.840. The molecule has 1 unspecified atom stereocenters. The van der Waals surface area contributed by atoms with Crippen LogP contribution in [0.1, 0.15) is 20.3 Å². The highest BCUT2D eigenvalue weighted by Crippen LogP contribution is 2.12. The Morgan fingerprint density at radius 3 is 2.58 bits per heavy atom. The van der Waals surface area contributed by atoms with Gasteiger partial charge in [0, 0.05) is 7.11 Å². The molecule has 0 bridgehead atoms. The third-order valence-electron chi connectivity index (χ3n) is 1.64. The Morgan fingerprint density at radius 1 is 1.50 bits per heavy atom. The van der Waals surface area contributed by atoms with Crippen molar-refractivity contribution in [3.63, 3.8) is 0 Å². The van der Waals surface area contributed by atoms with Crippen LogP contribution in [0.2, 0.25) is 0 Å². The number of rotatable bonds is 6. The van der Waals surface area contributed by atoms with Gasteiger partial charge in [-0.1, -0.05) is 19.1 Å². The molecular formula is C9H18O3. The fraction of sp³-hybridized carbons (Fsp3) is 0.778. The van der Waals surface area contributed by atoms with Gasteiger partial charge in [0.1, 0.15) is 12.4 Å². The van der Waals surface area contributed by atoms with E-state index in [2.05, 4.69) is 0 Å². The number of ether oxygens (including phenoxy) is 2. The largest absolute Gasteiger partial charge is 0.383 e. The van der Waals surface area contributed by atoms with Gasteiger partial charge in [-0.2, -0.15) is 0 Å². The zero-order valence-corrected chi connectivity index (χ0v) is 8.04. The minimum absolute atomic E-state index is 0.222. The van der Waals surface area contributed by atoms with Crippen LogP contribution in [-0.2, 0) is 9.47 Å². The van der Waals surface area contributed by atoms with Gasteiger partial charge in [-0.3, -0.25) is 0 Å². The van der Waals surface area contributed by atoms with Crippen molar-refractivity contribution in [2.75, 3.05) is 20.5 Å². The van der Waals surface area contributed by atoms with Crippen LogP contribution in [-0.4, -0.2) is 31.2 Å². The monoisotopic (exact) mass is 174 g/mol. The van der Waals surface area contributed by atoms with Crippen LogP contribution in [0.5, 0.6) is 0 Å². The molecule has 12 heavy (non-hydrogen) atoms. The first-order valence-corrected chi connectivity index (χ1v) is 4.11. The van der Waals surface area contributed by atoms with Crippen molar-refractivity contribution >= 4 is 0 Å². The summed E-state index contributed by atoms with van der Waals surface area (Å²) in [7, 11) is 1.56. The van der Waals surface area contributed by atoms with Crippen molar-refractivity contribution < 1.29 is 14.6 Å². The summed E-state index contributed by atoms with van der Waals surface area (Å²) in [4.78, 5) is 0. The third kappa shape index (κ3) is 4.49. The maximum absolute atomic E-state index is 9.78. The van der Waals surface area contributed by atoms with Crippen molar-refractivity contribution in [3.05, 3.63) is 12.2 Å². The highest BCUT2D eigenvalue weighted by atomic mass is 16.7. The summed E-state index contributed by atoms with van der Waals surface area (Å²) in [6, 6.07) is 0. The molecule has 0 amide bonds. The molecule has 1 atom stereocenters. The molecule has 72 valence electrons. The van der Waals surface area contributed by atoms with Gasteiger partial charge in [-0.15, -0.1) is 0 Å². The van der Waals surface area contributed by atoms with Gasteiger partial charge in [0.05, 0.1) is 6.61 Å². The van der Waals surface area contributed by atoms with Crippen LogP contribution in [0.25, 0.3) is 0 Å². The SMILES string of the molecule is C/C=C\C(O)(CC)COCOC. The van der Waals surface area contributed by atoms with Crippen LogP contribution >= 0.6 is 0 Å². The first-order valence-electron chi connectivity index (χ1n) is 4.11. The average Bonchev–Trinajstić information content (AvgIpc) is 2.06. The van der Waals surface area contributed by atoms with Gasteiger partial charge in [-0.05, 0) is 13.3 Å². The highest BCUT2D eigenvalue weighted by Gasteiger charge is 2.20. The molecule has 0 aromatic carbocycles. The van der Waals surface area contributed by atoms with E-state index in [1.807, 2.05) is 19.9 Å². The molecule has 3 nitrogen and oxygen atoms in total. The lowest BCUT2D eigenvalue weighted by Gasteiger charge is -2.22. The second kappa shape index (κ2) is 6.17. The van der Waals surface area contributed by atoms with Crippen LogP contribution in [0.4, 0.5) is 0 Å². The smallest absolute Gasteiger partial charge is 0.146 e. The quantitative estimate of drug-likeness (QED) is 0.375. The Labute approximate surface area is 74.0 Å². The van der Waals surface area contributed by atoms with E-state index in [9.17, 15) is 5.11 Å². The lowest BCUT2D eigenvalue weighted by atomic mass is 10.0. The van der Waals surface area contributed by atoms with Gasteiger partial charge in [0.2, 0.25) is 0 Å².